The van der Waals surface area contributed by atoms with Crippen LogP contribution < -0.4 is 5.32 Å². The maximum Gasteiger partial charge on any atom is 0.333 e. The van der Waals surface area contributed by atoms with Gasteiger partial charge in [0.2, 0.25) is 5.91 Å². The van der Waals surface area contributed by atoms with Crippen LogP contribution in [0.2, 0.25) is 5.15 Å². The van der Waals surface area contributed by atoms with Crippen LogP contribution in [0.5, 0.6) is 0 Å². The van der Waals surface area contributed by atoms with Crippen LogP contribution in [0.3, 0.4) is 0 Å². The molecule has 1 aromatic carbocycles. The van der Waals surface area contributed by atoms with Crippen LogP contribution in [0.15, 0.2) is 34.8 Å². The molecular weight excluding hydrogens is 410 g/mol. The van der Waals surface area contributed by atoms with Crippen molar-refractivity contribution in [2.45, 2.75) is 13.0 Å². The largest absolute Gasteiger partial charge is 0.467 e. The van der Waals surface area contributed by atoms with Gasteiger partial charge in [-0.1, -0.05) is 39.7 Å². The highest BCUT2D eigenvalue weighted by Gasteiger charge is 2.22. The Labute approximate surface area is 158 Å². The molecular formula is C17H17BrClN3O3. The maximum absolute atomic E-state index is 12.2. The van der Waals surface area contributed by atoms with Crippen molar-refractivity contribution in [3.05, 3.63) is 56.8 Å². The molecule has 132 valence electrons. The molecule has 2 rings (SSSR count). The molecule has 1 atom stereocenters. The molecule has 0 aliphatic carbocycles. The van der Waals surface area contributed by atoms with Gasteiger partial charge >= 0.3 is 5.97 Å². The number of aryl methyl sites for hydroxylation is 2. The number of benzene rings is 1. The highest BCUT2D eigenvalue weighted by Crippen LogP contribution is 2.21. The Balaban J connectivity index is 2.18. The van der Waals surface area contributed by atoms with Crippen LogP contribution in [0, 0.1) is 6.92 Å². The second-order valence-corrected chi connectivity index (χ2v) is 6.54. The summed E-state index contributed by atoms with van der Waals surface area (Å²) < 4.78 is 7.17. The summed E-state index contributed by atoms with van der Waals surface area (Å²) in [5.74, 6) is -1.00. The molecule has 1 N–H and O–H groups in total. The molecule has 0 saturated carbocycles. The van der Waals surface area contributed by atoms with Gasteiger partial charge < -0.3 is 10.1 Å². The molecule has 8 heteroatoms. The minimum absolute atomic E-state index is 0.430. The quantitative estimate of drug-likeness (QED) is 0.589. The number of esters is 1. The first kappa shape index (κ1) is 19.2. The number of carbonyl (C=O) groups excluding carboxylic acids is 2. The Bertz CT molecular complexity index is 815. The zero-order chi connectivity index (χ0) is 18.6. The first-order chi connectivity index (χ1) is 11.8. The van der Waals surface area contributed by atoms with Crippen molar-refractivity contribution < 1.29 is 14.3 Å². The molecule has 0 aliphatic heterocycles. The zero-order valence-electron chi connectivity index (χ0n) is 13.9. The molecule has 0 radical (unpaired) electrons. The van der Waals surface area contributed by atoms with Crippen molar-refractivity contribution in [2.24, 2.45) is 7.05 Å². The second-order valence-electron chi connectivity index (χ2n) is 5.26. The molecule has 6 nitrogen and oxygen atoms in total. The number of amides is 1. The number of hydrogen-bond acceptors (Lipinski definition) is 4. The predicted octanol–water partition coefficient (Wildman–Crippen LogP) is 3.19. The van der Waals surface area contributed by atoms with Crippen molar-refractivity contribution in [1.82, 2.24) is 15.1 Å². The van der Waals surface area contributed by atoms with Crippen LogP contribution >= 0.6 is 27.5 Å². The summed E-state index contributed by atoms with van der Waals surface area (Å²) in [6.45, 7) is 1.79. The average molecular weight is 427 g/mol. The third-order valence-electron chi connectivity index (χ3n) is 3.52. The lowest BCUT2D eigenvalue weighted by molar-refractivity contribution is -0.144. The summed E-state index contributed by atoms with van der Waals surface area (Å²) in [5.41, 5.74) is 1.97. The smallest absolute Gasteiger partial charge is 0.333 e. The van der Waals surface area contributed by atoms with Crippen molar-refractivity contribution >= 4 is 45.5 Å². The fraction of sp³-hybridized carbons (Fsp3) is 0.235. The minimum Gasteiger partial charge on any atom is -0.467 e. The summed E-state index contributed by atoms with van der Waals surface area (Å²) in [6, 6.07) is 6.13. The van der Waals surface area contributed by atoms with E-state index in [2.05, 4.69) is 26.3 Å². The SMILES string of the molecule is COC(=O)C(NC(=O)/C=C/c1c(C)nn(C)c1Cl)c1ccc(Br)cc1. The summed E-state index contributed by atoms with van der Waals surface area (Å²) in [7, 11) is 2.99. The number of nitrogens with one attached hydrogen (secondary N) is 1. The van der Waals surface area contributed by atoms with E-state index in [-0.39, 0.29) is 0 Å². The molecule has 0 aliphatic rings. The molecule has 0 fully saturated rings. The molecule has 0 bridgehead atoms. The highest BCUT2D eigenvalue weighted by atomic mass is 79.9. The van der Waals surface area contributed by atoms with E-state index in [1.165, 1.54) is 17.9 Å². The van der Waals surface area contributed by atoms with E-state index in [9.17, 15) is 9.59 Å². The Morgan fingerprint density at radius 2 is 2.00 bits per heavy atom. The van der Waals surface area contributed by atoms with E-state index >= 15 is 0 Å². The van der Waals surface area contributed by atoms with Crippen LogP contribution in [0.1, 0.15) is 22.9 Å². The number of aromatic nitrogens is 2. The van der Waals surface area contributed by atoms with E-state index < -0.39 is 17.9 Å². The third kappa shape index (κ3) is 4.70. The summed E-state index contributed by atoms with van der Waals surface area (Å²) in [4.78, 5) is 24.2. The molecule has 0 spiro atoms. The van der Waals surface area contributed by atoms with Crippen molar-refractivity contribution in [2.75, 3.05) is 7.11 Å². The summed E-state index contributed by atoms with van der Waals surface area (Å²) in [6.07, 6.45) is 2.88. The van der Waals surface area contributed by atoms with E-state index in [0.29, 0.717) is 22.0 Å². The Morgan fingerprint density at radius 1 is 1.36 bits per heavy atom. The monoisotopic (exact) mass is 425 g/mol. The van der Waals surface area contributed by atoms with Gasteiger partial charge in [-0.25, -0.2) is 4.79 Å². The van der Waals surface area contributed by atoms with Crippen LogP contribution in [0.25, 0.3) is 6.08 Å². The highest BCUT2D eigenvalue weighted by molar-refractivity contribution is 9.10. The van der Waals surface area contributed by atoms with Crippen LogP contribution in [0.4, 0.5) is 0 Å². The van der Waals surface area contributed by atoms with E-state index in [1.807, 2.05) is 0 Å². The van der Waals surface area contributed by atoms with Gasteiger partial charge in [0.05, 0.1) is 12.8 Å². The average Bonchev–Trinajstić information content (AvgIpc) is 2.83. The molecule has 1 unspecified atom stereocenters. The van der Waals surface area contributed by atoms with E-state index in [4.69, 9.17) is 16.3 Å². The standard InChI is InChI=1S/C17H17BrClN3O3/c1-10-13(16(19)22(2)21-10)8-9-14(23)20-15(17(24)25-3)11-4-6-12(18)7-5-11/h4-9,15H,1-3H3,(H,20,23)/b9-8+. The van der Waals surface area contributed by atoms with Gasteiger partial charge in [-0.3, -0.25) is 9.48 Å². The van der Waals surface area contributed by atoms with Crippen molar-refractivity contribution in [1.29, 1.82) is 0 Å². The third-order valence-corrected chi connectivity index (χ3v) is 4.50. The van der Waals surface area contributed by atoms with Gasteiger partial charge in [0.25, 0.3) is 0 Å². The lowest BCUT2D eigenvalue weighted by Gasteiger charge is -2.16. The molecule has 0 saturated heterocycles. The van der Waals surface area contributed by atoms with Gasteiger partial charge in [-0.2, -0.15) is 5.10 Å². The fourth-order valence-corrected chi connectivity index (χ4v) is 2.74. The van der Waals surface area contributed by atoms with Crippen LogP contribution in [-0.4, -0.2) is 28.8 Å². The zero-order valence-corrected chi connectivity index (χ0v) is 16.3. The lowest BCUT2D eigenvalue weighted by Crippen LogP contribution is -2.33. The van der Waals surface area contributed by atoms with Gasteiger partial charge in [0.1, 0.15) is 5.15 Å². The molecule has 1 amide bonds. The van der Waals surface area contributed by atoms with E-state index in [1.54, 1.807) is 44.3 Å². The van der Waals surface area contributed by atoms with Gasteiger partial charge in [-0.15, -0.1) is 0 Å². The Kier molecular flexibility index (Phi) is 6.39. The van der Waals surface area contributed by atoms with Gasteiger partial charge in [0, 0.05) is 23.2 Å². The Morgan fingerprint density at radius 3 is 2.52 bits per heavy atom. The number of rotatable bonds is 5. The van der Waals surface area contributed by atoms with Crippen molar-refractivity contribution in [3.8, 4) is 0 Å². The number of hydrogen-bond donors (Lipinski definition) is 1. The maximum atomic E-state index is 12.2. The first-order valence-corrected chi connectivity index (χ1v) is 8.51. The molecule has 2 aromatic rings. The minimum atomic E-state index is -0.902. The number of carbonyl (C=O) groups is 2. The first-order valence-electron chi connectivity index (χ1n) is 7.34. The van der Waals surface area contributed by atoms with E-state index in [0.717, 1.165) is 4.47 Å². The van der Waals surface area contributed by atoms with Crippen LogP contribution in [-0.2, 0) is 21.4 Å². The molecule has 1 heterocycles. The van der Waals surface area contributed by atoms with Gasteiger partial charge in [0.15, 0.2) is 6.04 Å². The second kappa shape index (κ2) is 8.31. The number of nitrogens with zero attached hydrogens (tertiary/aromatic N) is 2. The lowest BCUT2D eigenvalue weighted by atomic mass is 10.1. The number of methoxy groups -OCH3 is 1. The van der Waals surface area contributed by atoms with Gasteiger partial charge in [-0.05, 0) is 30.7 Å². The Hall–Kier alpha value is -2.12. The number of halogens is 2. The topological polar surface area (TPSA) is 73.2 Å². The molecule has 25 heavy (non-hydrogen) atoms. The predicted molar refractivity (Wildman–Crippen MR) is 99.0 cm³/mol. The van der Waals surface area contributed by atoms with Crippen molar-refractivity contribution in [3.63, 3.8) is 0 Å². The number of ether oxygens (including phenoxy) is 1. The summed E-state index contributed by atoms with van der Waals surface area (Å²) in [5, 5.41) is 7.23. The summed E-state index contributed by atoms with van der Waals surface area (Å²) >= 11 is 9.46. The normalized spacial score (nSPS) is 12.2. The fourth-order valence-electron chi connectivity index (χ4n) is 2.24. The molecule has 1 aromatic heterocycles.